The summed E-state index contributed by atoms with van der Waals surface area (Å²) in [7, 11) is 1.90. The molecule has 1 heterocycles. The topological polar surface area (TPSA) is 65.3 Å². The van der Waals surface area contributed by atoms with Gasteiger partial charge in [0.15, 0.2) is 0 Å². The van der Waals surface area contributed by atoms with E-state index in [9.17, 15) is 4.79 Å². The van der Waals surface area contributed by atoms with E-state index in [0.717, 1.165) is 17.8 Å². The molecule has 26 heavy (non-hydrogen) atoms. The molecule has 1 N–H and O–H groups in total. The molecule has 0 radical (unpaired) electrons. The molecule has 0 spiro atoms. The van der Waals surface area contributed by atoms with Gasteiger partial charge in [-0.05, 0) is 55.4 Å². The number of aliphatic imine (C=N–C) groups is 2. The van der Waals surface area contributed by atoms with Crippen LogP contribution in [0.25, 0.3) is 0 Å². The molecule has 2 rings (SSSR count). The van der Waals surface area contributed by atoms with Gasteiger partial charge in [0.2, 0.25) is 5.96 Å². The Labute approximate surface area is 160 Å². The van der Waals surface area contributed by atoms with Crippen molar-refractivity contribution in [3.05, 3.63) is 27.8 Å². The molecule has 0 saturated carbocycles. The van der Waals surface area contributed by atoms with E-state index >= 15 is 0 Å². The highest BCUT2D eigenvalue weighted by Gasteiger charge is 2.41. The fourth-order valence-electron chi connectivity index (χ4n) is 3.51. The molecule has 142 valence electrons. The number of hydrogen-bond donors (Lipinski definition) is 1. The molecule has 5 nitrogen and oxygen atoms in total. The molecule has 1 aromatic heterocycles. The zero-order chi connectivity index (χ0) is 19.9. The average molecular weight is 376 g/mol. The SMILES string of the molecule is C=NC(=NC=C(C)C(=O)O)N(C)c1sc2c(c1C)C(C)(C)CCC2(C)C. The number of carbonyl (C=O) groups is 1. The number of anilines is 1. The van der Waals surface area contributed by atoms with Crippen molar-refractivity contribution >= 4 is 35.0 Å². The lowest BCUT2D eigenvalue weighted by molar-refractivity contribution is -0.132. The van der Waals surface area contributed by atoms with Crippen molar-refractivity contribution in [1.29, 1.82) is 0 Å². The number of carboxylic acids is 1. The fourth-order valence-corrected chi connectivity index (χ4v) is 5.09. The van der Waals surface area contributed by atoms with Gasteiger partial charge in [-0.15, -0.1) is 11.3 Å². The van der Waals surface area contributed by atoms with Crippen LogP contribution in [0, 0.1) is 6.92 Å². The van der Waals surface area contributed by atoms with Crippen LogP contribution < -0.4 is 4.90 Å². The van der Waals surface area contributed by atoms with Gasteiger partial charge >= 0.3 is 5.97 Å². The van der Waals surface area contributed by atoms with Crippen LogP contribution in [0.15, 0.2) is 21.8 Å². The fraction of sp³-hybridized carbons (Fsp3) is 0.550. The van der Waals surface area contributed by atoms with Crippen LogP contribution >= 0.6 is 11.3 Å². The predicted molar refractivity (Wildman–Crippen MR) is 111 cm³/mol. The lowest BCUT2D eigenvalue weighted by Crippen LogP contribution is -2.32. The Bertz CT molecular complexity index is 800. The molecule has 0 saturated heterocycles. The molecule has 1 aliphatic carbocycles. The normalized spacial score (nSPS) is 19.0. The second-order valence-corrected chi connectivity index (χ2v) is 9.27. The van der Waals surface area contributed by atoms with Gasteiger partial charge in [-0.3, -0.25) is 0 Å². The Morgan fingerprint density at radius 3 is 2.35 bits per heavy atom. The van der Waals surface area contributed by atoms with E-state index in [1.807, 2.05) is 11.9 Å². The van der Waals surface area contributed by atoms with E-state index in [-0.39, 0.29) is 16.4 Å². The van der Waals surface area contributed by atoms with Crippen LogP contribution in [-0.4, -0.2) is 30.8 Å². The van der Waals surface area contributed by atoms with Crippen molar-refractivity contribution in [3.63, 3.8) is 0 Å². The quantitative estimate of drug-likeness (QED) is 0.465. The van der Waals surface area contributed by atoms with E-state index < -0.39 is 5.97 Å². The summed E-state index contributed by atoms with van der Waals surface area (Å²) in [6.45, 7) is 16.5. The van der Waals surface area contributed by atoms with Gasteiger partial charge in [-0.1, -0.05) is 27.7 Å². The molecule has 0 unspecified atom stereocenters. The van der Waals surface area contributed by atoms with Crippen LogP contribution in [-0.2, 0) is 15.6 Å². The minimum absolute atomic E-state index is 0.142. The molecule has 1 aliphatic rings. The lowest BCUT2D eigenvalue weighted by atomic mass is 9.66. The molecular formula is C20H29N3O2S. The smallest absolute Gasteiger partial charge is 0.332 e. The van der Waals surface area contributed by atoms with Crippen LogP contribution in [0.5, 0.6) is 0 Å². The second-order valence-electron chi connectivity index (χ2n) is 8.27. The minimum Gasteiger partial charge on any atom is -0.478 e. The van der Waals surface area contributed by atoms with Gasteiger partial charge in [-0.2, -0.15) is 0 Å². The number of fused-ring (bicyclic) bond motifs is 1. The third kappa shape index (κ3) is 3.61. The molecule has 0 aromatic carbocycles. The first-order chi connectivity index (χ1) is 11.9. The van der Waals surface area contributed by atoms with E-state index in [1.165, 1.54) is 29.1 Å². The third-order valence-corrected chi connectivity index (χ3v) is 6.98. The molecule has 0 atom stereocenters. The highest BCUT2D eigenvalue weighted by molar-refractivity contribution is 7.16. The first-order valence-electron chi connectivity index (χ1n) is 8.75. The van der Waals surface area contributed by atoms with Gasteiger partial charge in [0.1, 0.15) is 5.00 Å². The molecule has 0 amide bonds. The molecule has 0 bridgehead atoms. The summed E-state index contributed by atoms with van der Waals surface area (Å²) in [5.74, 6) is -0.603. The van der Waals surface area contributed by atoms with E-state index in [2.05, 4.69) is 51.3 Å². The van der Waals surface area contributed by atoms with Crippen molar-refractivity contribution in [2.75, 3.05) is 11.9 Å². The maximum atomic E-state index is 11.0. The van der Waals surface area contributed by atoms with E-state index in [0.29, 0.717) is 5.96 Å². The van der Waals surface area contributed by atoms with Crippen LogP contribution in [0.1, 0.15) is 63.5 Å². The lowest BCUT2D eigenvalue weighted by Gasteiger charge is -2.39. The zero-order valence-electron chi connectivity index (χ0n) is 16.8. The number of carboxylic acid groups (broad SMARTS) is 1. The largest absolute Gasteiger partial charge is 0.478 e. The highest BCUT2D eigenvalue weighted by Crippen LogP contribution is 2.53. The Morgan fingerprint density at radius 2 is 1.85 bits per heavy atom. The molecule has 0 fully saturated rings. The summed E-state index contributed by atoms with van der Waals surface area (Å²) in [5.41, 5.74) is 3.13. The van der Waals surface area contributed by atoms with Crippen molar-refractivity contribution < 1.29 is 9.90 Å². The Morgan fingerprint density at radius 1 is 1.27 bits per heavy atom. The molecule has 6 heteroatoms. The highest BCUT2D eigenvalue weighted by atomic mass is 32.1. The van der Waals surface area contributed by atoms with Crippen LogP contribution in [0.3, 0.4) is 0 Å². The first kappa shape index (κ1) is 20.4. The zero-order valence-corrected chi connectivity index (χ0v) is 17.6. The number of rotatable bonds is 3. The van der Waals surface area contributed by atoms with Crippen molar-refractivity contribution in [3.8, 4) is 0 Å². The second kappa shape index (κ2) is 6.99. The molecular weight excluding hydrogens is 346 g/mol. The van der Waals surface area contributed by atoms with Gasteiger partial charge in [0.25, 0.3) is 0 Å². The van der Waals surface area contributed by atoms with Crippen molar-refractivity contribution in [1.82, 2.24) is 0 Å². The van der Waals surface area contributed by atoms with E-state index in [1.54, 1.807) is 11.3 Å². The maximum absolute atomic E-state index is 11.0. The van der Waals surface area contributed by atoms with Crippen molar-refractivity contribution in [2.24, 2.45) is 9.98 Å². The van der Waals surface area contributed by atoms with Gasteiger partial charge in [-0.25, -0.2) is 14.8 Å². The van der Waals surface area contributed by atoms with Gasteiger partial charge in [0.05, 0.1) is 5.57 Å². The van der Waals surface area contributed by atoms with Crippen LogP contribution in [0.2, 0.25) is 0 Å². The maximum Gasteiger partial charge on any atom is 0.332 e. The van der Waals surface area contributed by atoms with Gasteiger partial charge < -0.3 is 10.0 Å². The molecule has 0 aliphatic heterocycles. The Hall–Kier alpha value is -1.95. The number of guanidine groups is 1. The summed E-state index contributed by atoms with van der Waals surface area (Å²) >= 11 is 1.78. The first-order valence-corrected chi connectivity index (χ1v) is 9.56. The monoisotopic (exact) mass is 375 g/mol. The summed E-state index contributed by atoms with van der Waals surface area (Å²) < 4.78 is 0. The Kier molecular flexibility index (Phi) is 5.47. The average Bonchev–Trinajstić information content (AvgIpc) is 2.91. The van der Waals surface area contributed by atoms with E-state index in [4.69, 9.17) is 5.11 Å². The van der Waals surface area contributed by atoms with Gasteiger partial charge in [0, 0.05) is 18.1 Å². The summed E-state index contributed by atoms with van der Waals surface area (Å²) in [5, 5.41) is 10.1. The number of aliphatic carboxylic acids is 1. The number of hydrogen-bond acceptors (Lipinski definition) is 3. The standard InChI is InChI=1S/C20H29N3O2S/c1-12(17(24)25)11-22-18(21-7)23(8)16-13(2)14-15(26-16)20(5,6)10-9-19(14,3)4/h11H,7,9-10H2,1-6,8H3,(H,24,25). The number of thiophene rings is 1. The van der Waals surface area contributed by atoms with Crippen molar-refractivity contribution in [2.45, 2.75) is 65.2 Å². The summed E-state index contributed by atoms with van der Waals surface area (Å²) in [6.07, 6.45) is 3.64. The van der Waals surface area contributed by atoms with Crippen LogP contribution in [0.4, 0.5) is 5.00 Å². The third-order valence-electron chi connectivity index (χ3n) is 5.25. The minimum atomic E-state index is -0.994. The predicted octanol–water partition coefficient (Wildman–Crippen LogP) is 4.89. The number of nitrogens with zero attached hydrogens (tertiary/aromatic N) is 3. The molecule has 1 aromatic rings. The summed E-state index contributed by atoms with van der Waals surface area (Å²) in [6, 6.07) is 0. The Balaban J connectivity index is 2.54. The summed E-state index contributed by atoms with van der Waals surface area (Å²) in [4.78, 5) is 22.6.